The van der Waals surface area contributed by atoms with Crippen molar-refractivity contribution in [2.24, 2.45) is 0 Å². The van der Waals surface area contributed by atoms with Crippen molar-refractivity contribution in [2.45, 2.75) is 26.1 Å². The molecule has 9 nitrogen and oxygen atoms in total. The average Bonchev–Trinajstić information content (AvgIpc) is 3.38. The number of pyridine rings is 1. The molecule has 5 rings (SSSR count). The van der Waals surface area contributed by atoms with Gasteiger partial charge in [0.25, 0.3) is 0 Å². The molecule has 0 bridgehead atoms. The molecule has 0 saturated heterocycles. The van der Waals surface area contributed by atoms with Crippen molar-refractivity contribution < 1.29 is 14.4 Å². The first-order valence-corrected chi connectivity index (χ1v) is 12.4. The third-order valence-corrected chi connectivity index (χ3v) is 6.29. The highest BCUT2D eigenvalue weighted by Gasteiger charge is 2.34. The van der Waals surface area contributed by atoms with Crippen LogP contribution >= 0.6 is 0 Å². The fourth-order valence-corrected chi connectivity index (χ4v) is 4.35. The van der Waals surface area contributed by atoms with E-state index in [4.69, 9.17) is 0 Å². The van der Waals surface area contributed by atoms with E-state index in [2.05, 4.69) is 20.6 Å². The molecule has 0 fully saturated rings. The molecular formula is C30H26N6O3. The van der Waals surface area contributed by atoms with Gasteiger partial charge in [-0.25, -0.2) is 4.68 Å². The monoisotopic (exact) mass is 518 g/mol. The van der Waals surface area contributed by atoms with Crippen LogP contribution in [0.2, 0.25) is 0 Å². The van der Waals surface area contributed by atoms with E-state index in [1.807, 2.05) is 54.6 Å². The number of hydrogen-bond acceptors (Lipinski definition) is 6. The topological polar surface area (TPSA) is 110 Å². The number of hydrogen-bond donors (Lipinski definition) is 1. The molecule has 39 heavy (non-hydrogen) atoms. The molecule has 0 aliphatic heterocycles. The first-order valence-electron chi connectivity index (χ1n) is 12.4. The highest BCUT2D eigenvalue weighted by atomic mass is 16.2. The van der Waals surface area contributed by atoms with Crippen LogP contribution in [0.25, 0.3) is 11.0 Å². The van der Waals surface area contributed by atoms with E-state index in [0.717, 1.165) is 5.56 Å². The summed E-state index contributed by atoms with van der Waals surface area (Å²) in [5.74, 6) is -0.992. The van der Waals surface area contributed by atoms with Crippen LogP contribution in [-0.2, 0) is 22.7 Å². The van der Waals surface area contributed by atoms with Gasteiger partial charge >= 0.3 is 0 Å². The molecule has 0 aliphatic rings. The lowest BCUT2D eigenvalue weighted by Crippen LogP contribution is -2.45. The summed E-state index contributed by atoms with van der Waals surface area (Å²) < 4.78 is 1.50. The molecule has 1 atom stereocenters. The van der Waals surface area contributed by atoms with Gasteiger partial charge in [-0.3, -0.25) is 24.3 Å². The molecule has 5 aromatic rings. The molecule has 3 aromatic carbocycles. The van der Waals surface area contributed by atoms with Crippen molar-refractivity contribution in [1.29, 1.82) is 0 Å². The number of carbonyl (C=O) groups excluding carboxylic acids is 3. The summed E-state index contributed by atoms with van der Waals surface area (Å²) in [5.41, 5.74) is 3.44. The molecular weight excluding hydrogens is 492 g/mol. The zero-order valence-corrected chi connectivity index (χ0v) is 21.3. The van der Waals surface area contributed by atoms with E-state index < -0.39 is 17.9 Å². The Labute approximate surface area is 225 Å². The Balaban J connectivity index is 1.57. The van der Waals surface area contributed by atoms with E-state index in [-0.39, 0.29) is 18.9 Å². The Hall–Kier alpha value is -5.18. The SMILES string of the molecule is CC(=O)c1cccc(N(C(=O)Cn2nnc3ccccc32)C(C(=O)NCc2ccccc2)c2ccccn2)c1. The van der Waals surface area contributed by atoms with Gasteiger partial charge in [-0.1, -0.05) is 65.9 Å². The van der Waals surface area contributed by atoms with Crippen LogP contribution in [0.1, 0.15) is 34.6 Å². The van der Waals surface area contributed by atoms with Gasteiger partial charge in [-0.15, -0.1) is 5.10 Å². The quantitative estimate of drug-likeness (QED) is 0.294. The van der Waals surface area contributed by atoms with Gasteiger partial charge in [0.15, 0.2) is 11.8 Å². The van der Waals surface area contributed by atoms with E-state index in [0.29, 0.717) is 28.0 Å². The second-order valence-corrected chi connectivity index (χ2v) is 8.97. The number of rotatable bonds is 9. The van der Waals surface area contributed by atoms with Crippen LogP contribution in [0.4, 0.5) is 5.69 Å². The van der Waals surface area contributed by atoms with Gasteiger partial charge < -0.3 is 5.32 Å². The van der Waals surface area contributed by atoms with E-state index in [1.165, 1.54) is 16.5 Å². The first kappa shape index (κ1) is 25.5. The fraction of sp³-hybridized carbons (Fsp3) is 0.133. The predicted octanol–water partition coefficient (Wildman–Crippen LogP) is 4.12. The summed E-state index contributed by atoms with van der Waals surface area (Å²) in [5, 5.41) is 11.3. The molecule has 0 spiro atoms. The molecule has 0 saturated carbocycles. The Kier molecular flexibility index (Phi) is 7.49. The first-order chi connectivity index (χ1) is 19.0. The zero-order chi connectivity index (χ0) is 27.2. The molecule has 194 valence electrons. The van der Waals surface area contributed by atoms with Crippen LogP contribution < -0.4 is 10.2 Å². The van der Waals surface area contributed by atoms with Crippen molar-refractivity contribution in [3.05, 3.63) is 120 Å². The van der Waals surface area contributed by atoms with Gasteiger partial charge in [0, 0.05) is 24.0 Å². The standard InChI is InChI=1S/C30H26N6O3/c1-21(37)23-12-9-13-24(18-23)36(28(38)20-35-27-16-6-5-14-25(27)33-34-35)29(26-15-7-8-17-31-26)30(39)32-19-22-10-3-2-4-11-22/h2-18,29H,19-20H2,1H3,(H,32,39). The number of nitrogens with one attached hydrogen (secondary N) is 1. The Morgan fingerprint density at radius 1 is 0.897 bits per heavy atom. The van der Waals surface area contributed by atoms with Crippen LogP contribution in [0.15, 0.2) is 103 Å². The minimum atomic E-state index is -1.11. The molecule has 9 heteroatoms. The summed E-state index contributed by atoms with van der Waals surface area (Å²) in [6.45, 7) is 1.54. The highest BCUT2D eigenvalue weighted by molar-refractivity contribution is 6.03. The zero-order valence-electron chi connectivity index (χ0n) is 21.3. The fourth-order valence-electron chi connectivity index (χ4n) is 4.35. The normalized spacial score (nSPS) is 11.6. The lowest BCUT2D eigenvalue weighted by atomic mass is 10.1. The molecule has 0 aliphatic carbocycles. The number of ketones is 1. The smallest absolute Gasteiger partial charge is 0.249 e. The Morgan fingerprint density at radius 3 is 2.44 bits per heavy atom. The third-order valence-electron chi connectivity index (χ3n) is 6.29. The lowest BCUT2D eigenvalue weighted by molar-refractivity contribution is -0.127. The maximum absolute atomic E-state index is 14.1. The average molecular weight is 519 g/mol. The second-order valence-electron chi connectivity index (χ2n) is 8.97. The second kappa shape index (κ2) is 11.5. The third kappa shape index (κ3) is 5.72. The lowest BCUT2D eigenvalue weighted by Gasteiger charge is -2.31. The van der Waals surface area contributed by atoms with E-state index in [9.17, 15) is 14.4 Å². The summed E-state index contributed by atoms with van der Waals surface area (Å²) >= 11 is 0. The molecule has 1 N–H and O–H groups in total. The molecule has 2 heterocycles. The van der Waals surface area contributed by atoms with Crippen molar-refractivity contribution in [3.63, 3.8) is 0 Å². The predicted molar refractivity (Wildman–Crippen MR) is 147 cm³/mol. The molecule has 2 amide bonds. The van der Waals surface area contributed by atoms with E-state index >= 15 is 0 Å². The highest BCUT2D eigenvalue weighted by Crippen LogP contribution is 2.29. The molecule has 0 radical (unpaired) electrons. The van der Waals surface area contributed by atoms with Gasteiger partial charge in [-0.2, -0.15) is 0 Å². The molecule has 2 aromatic heterocycles. The number of Topliss-reactive ketones (excluding diaryl/α,β-unsaturated/α-hetero) is 1. The Morgan fingerprint density at radius 2 is 1.67 bits per heavy atom. The van der Waals surface area contributed by atoms with Crippen molar-refractivity contribution in [3.8, 4) is 0 Å². The molecule has 1 unspecified atom stereocenters. The van der Waals surface area contributed by atoms with Gasteiger partial charge in [0.05, 0.1) is 11.2 Å². The summed E-state index contributed by atoms with van der Waals surface area (Å²) in [6.07, 6.45) is 1.58. The number of benzene rings is 3. The Bertz CT molecular complexity index is 1620. The van der Waals surface area contributed by atoms with Crippen LogP contribution in [0.5, 0.6) is 0 Å². The number of fused-ring (bicyclic) bond motifs is 1. The number of aromatic nitrogens is 4. The van der Waals surface area contributed by atoms with Crippen LogP contribution in [0.3, 0.4) is 0 Å². The summed E-state index contributed by atoms with van der Waals surface area (Å²) in [6, 6.07) is 27.6. The van der Waals surface area contributed by atoms with Gasteiger partial charge in [-0.05, 0) is 48.9 Å². The van der Waals surface area contributed by atoms with Crippen LogP contribution in [-0.4, -0.2) is 37.6 Å². The van der Waals surface area contributed by atoms with Crippen molar-refractivity contribution in [1.82, 2.24) is 25.3 Å². The minimum absolute atomic E-state index is 0.158. The number of para-hydroxylation sites is 1. The number of nitrogens with zero attached hydrogens (tertiary/aromatic N) is 5. The maximum atomic E-state index is 14.1. The maximum Gasteiger partial charge on any atom is 0.249 e. The number of amides is 2. The summed E-state index contributed by atoms with van der Waals surface area (Å²) in [7, 11) is 0. The van der Waals surface area contributed by atoms with Crippen LogP contribution in [0, 0.1) is 0 Å². The number of carbonyl (C=O) groups is 3. The van der Waals surface area contributed by atoms with Gasteiger partial charge in [0.1, 0.15) is 12.1 Å². The van der Waals surface area contributed by atoms with Crippen molar-refractivity contribution in [2.75, 3.05) is 4.90 Å². The van der Waals surface area contributed by atoms with Gasteiger partial charge in [0.2, 0.25) is 11.8 Å². The summed E-state index contributed by atoms with van der Waals surface area (Å²) in [4.78, 5) is 45.9. The largest absolute Gasteiger partial charge is 0.350 e. The number of anilines is 1. The minimum Gasteiger partial charge on any atom is -0.350 e. The van der Waals surface area contributed by atoms with Crippen molar-refractivity contribution >= 4 is 34.3 Å². The van der Waals surface area contributed by atoms with E-state index in [1.54, 1.807) is 48.7 Å².